The van der Waals surface area contributed by atoms with E-state index < -0.39 is 0 Å². The number of hydrogen-bond donors (Lipinski definition) is 1. The van der Waals surface area contributed by atoms with Crippen molar-refractivity contribution in [1.82, 2.24) is 0 Å². The van der Waals surface area contributed by atoms with E-state index in [1.807, 2.05) is 85.8 Å². The Kier molecular flexibility index (Phi) is 5.27. The van der Waals surface area contributed by atoms with Crippen molar-refractivity contribution in [2.24, 2.45) is 0 Å². The second-order valence-electron chi connectivity index (χ2n) is 5.67. The predicted octanol–water partition coefficient (Wildman–Crippen LogP) is 5.44. The summed E-state index contributed by atoms with van der Waals surface area (Å²) in [5.41, 5.74) is 2.91. The molecular weight excluding hydrogens is 310 g/mol. The highest BCUT2D eigenvalue weighted by atomic mass is 16.5. The SMILES string of the molecule is Cc1ccc(C=CC(=O)Nc2ccc(Oc3ccccc3)cc2)cc1. The van der Waals surface area contributed by atoms with Gasteiger partial charge < -0.3 is 10.1 Å². The Morgan fingerprint density at radius 3 is 2.16 bits per heavy atom. The third-order valence-corrected chi connectivity index (χ3v) is 3.61. The van der Waals surface area contributed by atoms with Gasteiger partial charge in [-0.05, 0) is 55.0 Å². The zero-order valence-electron chi connectivity index (χ0n) is 14.0. The topological polar surface area (TPSA) is 38.3 Å². The van der Waals surface area contributed by atoms with Crippen LogP contribution in [0.2, 0.25) is 0 Å². The molecule has 0 unspecified atom stereocenters. The highest BCUT2D eigenvalue weighted by Gasteiger charge is 2.00. The van der Waals surface area contributed by atoms with E-state index in [0.717, 1.165) is 22.7 Å². The number of benzene rings is 3. The van der Waals surface area contributed by atoms with Gasteiger partial charge in [0.05, 0.1) is 0 Å². The summed E-state index contributed by atoms with van der Waals surface area (Å²) in [5.74, 6) is 1.33. The lowest BCUT2D eigenvalue weighted by Gasteiger charge is -2.07. The summed E-state index contributed by atoms with van der Waals surface area (Å²) < 4.78 is 5.73. The largest absolute Gasteiger partial charge is 0.457 e. The van der Waals surface area contributed by atoms with Crippen LogP contribution in [0.3, 0.4) is 0 Å². The Balaban J connectivity index is 1.57. The minimum atomic E-state index is -0.169. The van der Waals surface area contributed by atoms with Crippen LogP contribution in [-0.2, 0) is 4.79 Å². The van der Waals surface area contributed by atoms with Gasteiger partial charge in [0.2, 0.25) is 5.91 Å². The molecule has 0 aromatic heterocycles. The number of amides is 1. The van der Waals surface area contributed by atoms with Crippen molar-refractivity contribution in [3.05, 3.63) is 96.1 Å². The van der Waals surface area contributed by atoms with E-state index in [-0.39, 0.29) is 5.91 Å². The van der Waals surface area contributed by atoms with Gasteiger partial charge in [-0.1, -0.05) is 48.0 Å². The maximum atomic E-state index is 12.0. The van der Waals surface area contributed by atoms with Gasteiger partial charge in [-0.15, -0.1) is 0 Å². The van der Waals surface area contributed by atoms with Crippen molar-refractivity contribution in [1.29, 1.82) is 0 Å². The Hall–Kier alpha value is -3.33. The third kappa shape index (κ3) is 5.08. The van der Waals surface area contributed by atoms with E-state index in [9.17, 15) is 4.79 Å². The van der Waals surface area contributed by atoms with Crippen LogP contribution in [0.5, 0.6) is 11.5 Å². The van der Waals surface area contributed by atoms with Gasteiger partial charge in [0.25, 0.3) is 0 Å². The van der Waals surface area contributed by atoms with Crippen LogP contribution >= 0.6 is 0 Å². The number of carbonyl (C=O) groups excluding carboxylic acids is 1. The zero-order valence-corrected chi connectivity index (χ0v) is 14.0. The molecule has 25 heavy (non-hydrogen) atoms. The molecule has 1 N–H and O–H groups in total. The summed E-state index contributed by atoms with van der Waals surface area (Å²) in [6.07, 6.45) is 3.32. The number of nitrogens with one attached hydrogen (secondary N) is 1. The molecule has 0 aliphatic rings. The van der Waals surface area contributed by atoms with Gasteiger partial charge >= 0.3 is 0 Å². The highest BCUT2D eigenvalue weighted by molar-refractivity contribution is 6.01. The number of carbonyl (C=O) groups is 1. The van der Waals surface area contributed by atoms with Gasteiger partial charge in [0.15, 0.2) is 0 Å². The molecule has 0 saturated carbocycles. The summed E-state index contributed by atoms with van der Waals surface area (Å²) in [4.78, 5) is 12.0. The Morgan fingerprint density at radius 1 is 0.840 bits per heavy atom. The molecule has 0 bridgehead atoms. The van der Waals surface area contributed by atoms with Crippen LogP contribution in [0.4, 0.5) is 5.69 Å². The van der Waals surface area contributed by atoms with E-state index in [1.54, 1.807) is 6.08 Å². The summed E-state index contributed by atoms with van der Waals surface area (Å²) in [6, 6.07) is 24.8. The molecule has 0 spiro atoms. The molecule has 3 heteroatoms. The summed E-state index contributed by atoms with van der Waals surface area (Å²) in [7, 11) is 0. The van der Waals surface area contributed by atoms with Gasteiger partial charge in [-0.2, -0.15) is 0 Å². The van der Waals surface area contributed by atoms with E-state index in [2.05, 4.69) is 5.32 Å². The molecule has 1 amide bonds. The van der Waals surface area contributed by atoms with Crippen LogP contribution in [0.15, 0.2) is 84.9 Å². The maximum absolute atomic E-state index is 12.0. The van der Waals surface area contributed by atoms with Crippen molar-refractivity contribution in [2.45, 2.75) is 6.92 Å². The molecule has 0 saturated heterocycles. The van der Waals surface area contributed by atoms with Crippen molar-refractivity contribution < 1.29 is 9.53 Å². The number of aryl methyl sites for hydroxylation is 1. The van der Waals surface area contributed by atoms with Crippen LogP contribution in [-0.4, -0.2) is 5.91 Å². The molecule has 3 aromatic carbocycles. The van der Waals surface area contributed by atoms with E-state index >= 15 is 0 Å². The molecular formula is C22H19NO2. The van der Waals surface area contributed by atoms with Gasteiger partial charge in [-0.3, -0.25) is 4.79 Å². The molecule has 124 valence electrons. The minimum Gasteiger partial charge on any atom is -0.457 e. The minimum absolute atomic E-state index is 0.169. The number of ether oxygens (including phenoxy) is 1. The second-order valence-corrected chi connectivity index (χ2v) is 5.67. The average Bonchev–Trinajstić information content (AvgIpc) is 2.64. The third-order valence-electron chi connectivity index (χ3n) is 3.61. The lowest BCUT2D eigenvalue weighted by atomic mass is 10.1. The Bertz CT molecular complexity index is 851. The first-order valence-electron chi connectivity index (χ1n) is 8.08. The average molecular weight is 329 g/mol. The molecule has 0 fully saturated rings. The summed E-state index contributed by atoms with van der Waals surface area (Å²) in [5, 5.41) is 2.83. The molecule has 3 nitrogen and oxygen atoms in total. The number of para-hydroxylation sites is 1. The van der Waals surface area contributed by atoms with E-state index in [0.29, 0.717) is 0 Å². The first-order valence-corrected chi connectivity index (χ1v) is 8.08. The second kappa shape index (κ2) is 7.97. The molecule has 0 aliphatic carbocycles. The van der Waals surface area contributed by atoms with Crippen LogP contribution in [0.1, 0.15) is 11.1 Å². The summed E-state index contributed by atoms with van der Waals surface area (Å²) in [6.45, 7) is 2.03. The molecule has 3 aromatic rings. The normalized spacial score (nSPS) is 10.6. The molecule has 0 atom stereocenters. The monoisotopic (exact) mass is 329 g/mol. The smallest absolute Gasteiger partial charge is 0.248 e. The molecule has 0 aliphatic heterocycles. The van der Waals surface area contributed by atoms with Crippen molar-refractivity contribution in [3.63, 3.8) is 0 Å². The zero-order chi connectivity index (χ0) is 17.5. The number of hydrogen-bond acceptors (Lipinski definition) is 2. The quantitative estimate of drug-likeness (QED) is 0.633. The fourth-order valence-electron chi connectivity index (χ4n) is 2.26. The number of anilines is 1. The molecule has 0 heterocycles. The lowest BCUT2D eigenvalue weighted by molar-refractivity contribution is -0.111. The van der Waals surface area contributed by atoms with E-state index in [1.165, 1.54) is 11.6 Å². The standard InChI is InChI=1S/C22H19NO2/c1-17-7-9-18(10-8-17)11-16-22(24)23-19-12-14-21(15-13-19)25-20-5-3-2-4-6-20/h2-16H,1H3,(H,23,24). The van der Waals surface area contributed by atoms with E-state index in [4.69, 9.17) is 4.74 Å². The highest BCUT2D eigenvalue weighted by Crippen LogP contribution is 2.22. The number of rotatable bonds is 5. The van der Waals surface area contributed by atoms with Gasteiger partial charge in [0.1, 0.15) is 11.5 Å². The first-order chi connectivity index (χ1) is 12.2. The first kappa shape index (κ1) is 16.5. The van der Waals surface area contributed by atoms with Crippen LogP contribution in [0, 0.1) is 6.92 Å². The van der Waals surface area contributed by atoms with Crippen LogP contribution in [0.25, 0.3) is 6.08 Å². The van der Waals surface area contributed by atoms with Gasteiger partial charge in [-0.25, -0.2) is 0 Å². The lowest BCUT2D eigenvalue weighted by Crippen LogP contribution is -2.07. The molecule has 3 rings (SSSR count). The fraction of sp³-hybridized carbons (Fsp3) is 0.0455. The van der Waals surface area contributed by atoms with Crippen LogP contribution < -0.4 is 10.1 Å². The molecule has 0 radical (unpaired) electrons. The van der Waals surface area contributed by atoms with Crippen molar-refractivity contribution in [2.75, 3.05) is 5.32 Å². The maximum Gasteiger partial charge on any atom is 0.248 e. The van der Waals surface area contributed by atoms with Gasteiger partial charge in [0, 0.05) is 11.8 Å². The Morgan fingerprint density at radius 2 is 1.48 bits per heavy atom. The fourth-order valence-corrected chi connectivity index (χ4v) is 2.26. The summed E-state index contributed by atoms with van der Waals surface area (Å²) >= 11 is 0. The Labute approximate surface area is 147 Å². The van der Waals surface area contributed by atoms with Crippen molar-refractivity contribution >= 4 is 17.7 Å². The van der Waals surface area contributed by atoms with Crippen molar-refractivity contribution in [3.8, 4) is 11.5 Å². The predicted molar refractivity (Wildman–Crippen MR) is 102 cm³/mol.